The van der Waals surface area contributed by atoms with Crippen LogP contribution in [0.5, 0.6) is 0 Å². The van der Waals surface area contributed by atoms with Crippen molar-refractivity contribution in [1.82, 2.24) is 10.1 Å². The van der Waals surface area contributed by atoms with E-state index in [-0.39, 0.29) is 40.1 Å². The first-order valence-electron chi connectivity index (χ1n) is 10.4. The summed E-state index contributed by atoms with van der Waals surface area (Å²) in [4.78, 5) is 17.4. The first-order valence-corrected chi connectivity index (χ1v) is 10.4. The molecule has 6 nitrogen and oxygen atoms in total. The topological polar surface area (TPSA) is 68.5 Å². The van der Waals surface area contributed by atoms with E-state index < -0.39 is 23.5 Å². The summed E-state index contributed by atoms with van der Waals surface area (Å²) in [7, 11) is 1.13. The van der Waals surface area contributed by atoms with Gasteiger partial charge >= 0.3 is 12.1 Å². The van der Waals surface area contributed by atoms with E-state index >= 15 is 0 Å². The third kappa shape index (κ3) is 4.55. The lowest BCUT2D eigenvalue weighted by Gasteiger charge is -2.37. The maximum Gasteiger partial charge on any atom is 0.418 e. The van der Waals surface area contributed by atoms with Gasteiger partial charge in [0.2, 0.25) is 5.82 Å². The number of carbonyl (C=O) groups excluding carboxylic acids is 1. The van der Waals surface area contributed by atoms with E-state index in [0.717, 1.165) is 38.5 Å². The van der Waals surface area contributed by atoms with E-state index in [1.54, 1.807) is 4.90 Å². The molecule has 2 heterocycles. The summed E-state index contributed by atoms with van der Waals surface area (Å²) in [6.07, 6.45) is -1.92. The van der Waals surface area contributed by atoms with Crippen LogP contribution in [0, 0.1) is 5.82 Å². The van der Waals surface area contributed by atoms with Gasteiger partial charge in [-0.25, -0.2) is 9.18 Å². The largest absolute Gasteiger partial charge is 0.465 e. The number of alkyl halides is 3. The number of anilines is 1. The molecule has 1 fully saturated rings. The summed E-state index contributed by atoms with van der Waals surface area (Å²) in [6, 6.07) is 7.56. The number of rotatable bonds is 4. The number of hydrogen-bond acceptors (Lipinski definition) is 6. The highest BCUT2D eigenvalue weighted by Crippen LogP contribution is 2.41. The van der Waals surface area contributed by atoms with Gasteiger partial charge in [-0.1, -0.05) is 5.16 Å². The fourth-order valence-electron chi connectivity index (χ4n) is 3.99. The van der Waals surface area contributed by atoms with Crippen molar-refractivity contribution >= 4 is 11.7 Å². The highest BCUT2D eigenvalue weighted by molar-refractivity contribution is 5.90. The third-order valence-electron chi connectivity index (χ3n) is 5.72. The molecular weight excluding hydrogens is 442 g/mol. The molecule has 1 unspecified atom stereocenters. The Morgan fingerprint density at radius 1 is 1.15 bits per heavy atom. The summed E-state index contributed by atoms with van der Waals surface area (Å²) in [6.45, 7) is 2.48. The smallest absolute Gasteiger partial charge is 0.418 e. The van der Waals surface area contributed by atoms with Crippen molar-refractivity contribution in [3.63, 3.8) is 0 Å². The van der Waals surface area contributed by atoms with E-state index in [0.29, 0.717) is 6.54 Å². The maximum absolute atomic E-state index is 14.2. The Kier molecular flexibility index (Phi) is 6.09. The van der Waals surface area contributed by atoms with Gasteiger partial charge in [0, 0.05) is 29.4 Å². The van der Waals surface area contributed by atoms with Crippen molar-refractivity contribution in [3.05, 3.63) is 53.3 Å². The second kappa shape index (κ2) is 8.84. The van der Waals surface area contributed by atoms with Crippen LogP contribution in [0.2, 0.25) is 0 Å². The molecule has 0 radical (unpaired) electrons. The van der Waals surface area contributed by atoms with Crippen molar-refractivity contribution in [1.29, 1.82) is 0 Å². The van der Waals surface area contributed by atoms with E-state index in [1.165, 1.54) is 24.3 Å². The van der Waals surface area contributed by atoms with Gasteiger partial charge in [0.25, 0.3) is 5.89 Å². The number of nitrogens with zero attached hydrogens (tertiary/aromatic N) is 3. The van der Waals surface area contributed by atoms with Gasteiger partial charge in [-0.15, -0.1) is 0 Å². The lowest BCUT2D eigenvalue weighted by atomic mass is 9.99. The fourth-order valence-corrected chi connectivity index (χ4v) is 3.99. The summed E-state index contributed by atoms with van der Waals surface area (Å²) >= 11 is 0. The summed E-state index contributed by atoms with van der Waals surface area (Å²) in [5, 5.41) is 3.75. The normalized spacial score (nSPS) is 16.7. The average molecular weight is 463 g/mol. The number of ether oxygens (including phenoxy) is 1. The minimum Gasteiger partial charge on any atom is -0.465 e. The molecule has 0 saturated carbocycles. The molecule has 0 N–H and O–H groups in total. The summed E-state index contributed by atoms with van der Waals surface area (Å²) < 4.78 is 65.6. The van der Waals surface area contributed by atoms with Crippen molar-refractivity contribution in [2.75, 3.05) is 18.6 Å². The number of halogens is 4. The Balaban J connectivity index is 1.68. The van der Waals surface area contributed by atoms with Crippen LogP contribution >= 0.6 is 0 Å². The lowest BCUT2D eigenvalue weighted by molar-refractivity contribution is -0.137. The second-order valence-corrected chi connectivity index (χ2v) is 7.88. The summed E-state index contributed by atoms with van der Waals surface area (Å²) in [5.74, 6) is -1.84. The molecule has 0 bridgehead atoms. The molecule has 33 heavy (non-hydrogen) atoms. The van der Waals surface area contributed by atoms with Gasteiger partial charge in [-0.05, 0) is 62.6 Å². The Bertz CT molecular complexity index is 1180. The van der Waals surface area contributed by atoms with E-state index in [9.17, 15) is 22.4 Å². The molecule has 2 aromatic carbocycles. The highest BCUT2D eigenvalue weighted by atomic mass is 19.4. The van der Waals surface area contributed by atoms with Crippen LogP contribution in [0.25, 0.3) is 22.8 Å². The zero-order chi connectivity index (χ0) is 23.8. The van der Waals surface area contributed by atoms with Gasteiger partial charge in [0.1, 0.15) is 5.82 Å². The van der Waals surface area contributed by atoms with Crippen LogP contribution in [0.4, 0.5) is 23.2 Å². The van der Waals surface area contributed by atoms with Crippen LogP contribution in [0.3, 0.4) is 0 Å². The van der Waals surface area contributed by atoms with Crippen LogP contribution in [-0.2, 0) is 10.9 Å². The van der Waals surface area contributed by atoms with Gasteiger partial charge in [0.15, 0.2) is 0 Å². The summed E-state index contributed by atoms with van der Waals surface area (Å²) in [5.41, 5.74) is -0.617. The molecule has 1 aliphatic rings. The van der Waals surface area contributed by atoms with Gasteiger partial charge in [-0.3, -0.25) is 0 Å². The lowest BCUT2D eigenvalue weighted by Crippen LogP contribution is -2.38. The number of benzene rings is 2. The Morgan fingerprint density at radius 2 is 1.91 bits per heavy atom. The predicted molar refractivity (Wildman–Crippen MR) is 112 cm³/mol. The van der Waals surface area contributed by atoms with Crippen LogP contribution in [0.1, 0.15) is 42.1 Å². The minimum atomic E-state index is -4.57. The molecule has 1 aliphatic heterocycles. The molecule has 1 aromatic heterocycles. The Hall–Kier alpha value is -3.43. The van der Waals surface area contributed by atoms with E-state index in [1.807, 2.05) is 6.92 Å². The molecule has 10 heteroatoms. The van der Waals surface area contributed by atoms with Crippen molar-refractivity contribution < 1.29 is 31.6 Å². The minimum absolute atomic E-state index is 0.00330. The number of hydrogen-bond donors (Lipinski definition) is 0. The van der Waals surface area contributed by atoms with Crippen LogP contribution < -0.4 is 4.90 Å². The first kappa shape index (κ1) is 22.8. The predicted octanol–water partition coefficient (Wildman–Crippen LogP) is 5.73. The number of methoxy groups -OCH3 is 1. The average Bonchev–Trinajstić information content (AvgIpc) is 3.28. The van der Waals surface area contributed by atoms with E-state index in [4.69, 9.17) is 4.52 Å². The quantitative estimate of drug-likeness (QED) is 0.364. The zero-order valence-corrected chi connectivity index (χ0v) is 17.9. The van der Waals surface area contributed by atoms with Crippen LogP contribution in [-0.4, -0.2) is 35.8 Å². The van der Waals surface area contributed by atoms with Crippen molar-refractivity contribution in [2.24, 2.45) is 0 Å². The van der Waals surface area contributed by atoms with E-state index in [2.05, 4.69) is 14.9 Å². The number of carbonyl (C=O) groups is 1. The first-order chi connectivity index (χ1) is 15.7. The molecule has 4 rings (SSSR count). The van der Waals surface area contributed by atoms with Crippen LogP contribution in [0.15, 0.2) is 40.9 Å². The fraction of sp³-hybridized carbons (Fsp3) is 0.348. The standard InChI is InChI=1S/C23H21F4N3O3/c1-13-5-3-4-10-30(13)19-9-7-15(11-17(19)23(25,26)27)21-28-20(29-33-21)14-6-8-16(18(24)12-14)22(31)32-2/h6-9,11-13H,3-5,10H2,1-2H3. The Morgan fingerprint density at radius 3 is 2.58 bits per heavy atom. The molecular formula is C23H21F4N3O3. The maximum atomic E-state index is 14.2. The monoisotopic (exact) mass is 463 g/mol. The molecule has 174 valence electrons. The highest BCUT2D eigenvalue weighted by Gasteiger charge is 2.37. The molecule has 1 atom stereocenters. The second-order valence-electron chi connectivity index (χ2n) is 7.88. The molecule has 0 spiro atoms. The molecule has 3 aromatic rings. The number of esters is 1. The van der Waals surface area contributed by atoms with Gasteiger partial charge in [0.05, 0.1) is 18.2 Å². The number of piperidine rings is 1. The molecule has 1 saturated heterocycles. The van der Waals surface area contributed by atoms with Gasteiger partial charge < -0.3 is 14.2 Å². The number of aromatic nitrogens is 2. The van der Waals surface area contributed by atoms with Crippen molar-refractivity contribution in [3.8, 4) is 22.8 Å². The SMILES string of the molecule is COC(=O)c1ccc(-c2noc(-c3ccc(N4CCCCC4C)c(C(F)(F)F)c3)n2)cc1F. The molecule has 0 aliphatic carbocycles. The third-order valence-corrected chi connectivity index (χ3v) is 5.72. The van der Waals surface area contributed by atoms with Crippen molar-refractivity contribution in [2.45, 2.75) is 38.4 Å². The molecule has 0 amide bonds. The Labute approximate surface area is 187 Å². The zero-order valence-electron chi connectivity index (χ0n) is 17.9. The van der Waals surface area contributed by atoms with Gasteiger partial charge in [-0.2, -0.15) is 18.2 Å².